The molecule has 82 valence electrons. The molecule has 1 N–H and O–H groups in total. The summed E-state index contributed by atoms with van der Waals surface area (Å²) in [7, 11) is 0. The van der Waals surface area contributed by atoms with Gasteiger partial charge in [0, 0.05) is 17.0 Å². The van der Waals surface area contributed by atoms with Crippen molar-refractivity contribution in [1.29, 1.82) is 0 Å². The average Bonchev–Trinajstić information content (AvgIpc) is 2.66. The van der Waals surface area contributed by atoms with Crippen LogP contribution in [0.25, 0.3) is 0 Å². The highest BCUT2D eigenvalue weighted by Gasteiger charge is 2.14. The van der Waals surface area contributed by atoms with E-state index in [1.54, 1.807) is 0 Å². The number of rotatable bonds is 3. The summed E-state index contributed by atoms with van der Waals surface area (Å²) in [5.74, 6) is 0. The summed E-state index contributed by atoms with van der Waals surface area (Å²) in [5, 5.41) is 3.69. The molecule has 0 aliphatic heterocycles. The van der Waals surface area contributed by atoms with E-state index in [0.29, 0.717) is 12.1 Å². The Hall–Kier alpha value is -0.120. The maximum absolute atomic E-state index is 3.69. The minimum atomic E-state index is 0.470. The first-order chi connectivity index (χ1) is 7.25. The minimum Gasteiger partial charge on any atom is -0.306 e. The molecule has 1 aliphatic rings. The van der Waals surface area contributed by atoms with E-state index in [0.717, 1.165) is 0 Å². The fraction of sp³-hybridized carbons (Fsp3) is 0.500. The van der Waals surface area contributed by atoms with Gasteiger partial charge in [-0.05, 0) is 54.2 Å². The first kappa shape index (κ1) is 11.4. The van der Waals surface area contributed by atoms with Crippen LogP contribution in [0.5, 0.6) is 0 Å². The van der Waals surface area contributed by atoms with E-state index < -0.39 is 0 Å². The summed E-state index contributed by atoms with van der Waals surface area (Å²) in [4.78, 5) is 1.41. The van der Waals surface area contributed by atoms with Crippen LogP contribution in [0.4, 0.5) is 0 Å². The Morgan fingerprint density at radius 3 is 2.93 bits per heavy atom. The summed E-state index contributed by atoms with van der Waals surface area (Å²) in [5.41, 5.74) is 0. The van der Waals surface area contributed by atoms with E-state index in [9.17, 15) is 0 Å². The van der Waals surface area contributed by atoms with Crippen molar-refractivity contribution < 1.29 is 0 Å². The van der Waals surface area contributed by atoms with Crippen LogP contribution < -0.4 is 5.32 Å². The van der Waals surface area contributed by atoms with Gasteiger partial charge < -0.3 is 5.32 Å². The van der Waals surface area contributed by atoms with Crippen LogP contribution in [0, 0.1) is 0 Å². The zero-order chi connectivity index (χ0) is 10.7. The lowest BCUT2D eigenvalue weighted by molar-refractivity contribution is 0.429. The lowest BCUT2D eigenvalue weighted by Crippen LogP contribution is -2.31. The molecule has 0 amide bonds. The monoisotopic (exact) mass is 285 g/mol. The van der Waals surface area contributed by atoms with E-state index in [2.05, 4.69) is 52.5 Å². The minimum absolute atomic E-state index is 0.470. The molecule has 2 unspecified atom stereocenters. The molecule has 3 heteroatoms. The van der Waals surface area contributed by atoms with Gasteiger partial charge in [0.2, 0.25) is 0 Å². The highest BCUT2D eigenvalue weighted by molar-refractivity contribution is 9.11. The van der Waals surface area contributed by atoms with E-state index in [4.69, 9.17) is 0 Å². The summed E-state index contributed by atoms with van der Waals surface area (Å²) in [6.45, 7) is 2.25. The van der Waals surface area contributed by atoms with Crippen molar-refractivity contribution in [1.82, 2.24) is 5.32 Å². The standard InChI is InChI=1S/C12H16BrNS/c1-9(11-7-8-12(13)15-11)14-10-5-3-2-4-6-10/h2-3,7-10,14H,4-6H2,1H3. The van der Waals surface area contributed by atoms with E-state index >= 15 is 0 Å². The van der Waals surface area contributed by atoms with Gasteiger partial charge in [-0.25, -0.2) is 0 Å². The van der Waals surface area contributed by atoms with Crippen molar-refractivity contribution in [3.63, 3.8) is 0 Å². The van der Waals surface area contributed by atoms with E-state index in [1.165, 1.54) is 27.9 Å². The second-order valence-corrected chi connectivity index (χ2v) is 6.51. The van der Waals surface area contributed by atoms with Crippen LogP contribution >= 0.6 is 27.3 Å². The Bertz CT molecular complexity index is 345. The van der Waals surface area contributed by atoms with Gasteiger partial charge in [-0.3, -0.25) is 0 Å². The molecule has 1 aromatic rings. The Morgan fingerprint density at radius 2 is 2.33 bits per heavy atom. The number of allylic oxidation sites excluding steroid dienone is 1. The van der Waals surface area contributed by atoms with Crippen molar-refractivity contribution >= 4 is 27.3 Å². The van der Waals surface area contributed by atoms with Gasteiger partial charge in [-0.2, -0.15) is 0 Å². The van der Waals surface area contributed by atoms with Crippen molar-refractivity contribution in [2.24, 2.45) is 0 Å². The van der Waals surface area contributed by atoms with Crippen LogP contribution in [0.2, 0.25) is 0 Å². The summed E-state index contributed by atoms with van der Waals surface area (Å²) < 4.78 is 1.22. The Labute approximate surface area is 104 Å². The number of halogens is 1. The molecule has 0 bridgehead atoms. The molecule has 0 fully saturated rings. The molecule has 0 saturated heterocycles. The van der Waals surface area contributed by atoms with Gasteiger partial charge in [0.25, 0.3) is 0 Å². The SMILES string of the molecule is CC(NC1CC=CCC1)c1ccc(Br)s1. The molecule has 15 heavy (non-hydrogen) atoms. The molecule has 0 aromatic carbocycles. The van der Waals surface area contributed by atoms with Crippen LogP contribution in [0.15, 0.2) is 28.1 Å². The Morgan fingerprint density at radius 1 is 1.47 bits per heavy atom. The first-order valence-corrected chi connectivity index (χ1v) is 7.03. The quantitative estimate of drug-likeness (QED) is 0.818. The second kappa shape index (κ2) is 5.28. The molecule has 1 nitrogen and oxygen atoms in total. The van der Waals surface area contributed by atoms with Crippen molar-refractivity contribution in [3.05, 3.63) is 32.9 Å². The predicted molar refractivity (Wildman–Crippen MR) is 70.3 cm³/mol. The summed E-state index contributed by atoms with van der Waals surface area (Å²) >= 11 is 5.33. The normalized spacial score (nSPS) is 22.9. The maximum atomic E-state index is 3.69. The average molecular weight is 286 g/mol. The molecule has 1 aliphatic carbocycles. The third-order valence-electron chi connectivity index (χ3n) is 2.78. The van der Waals surface area contributed by atoms with Crippen LogP contribution in [-0.2, 0) is 0 Å². The Balaban J connectivity index is 1.91. The highest BCUT2D eigenvalue weighted by Crippen LogP contribution is 2.28. The van der Waals surface area contributed by atoms with E-state index in [1.807, 2.05) is 11.3 Å². The van der Waals surface area contributed by atoms with Gasteiger partial charge in [-0.1, -0.05) is 12.2 Å². The number of nitrogens with one attached hydrogen (secondary N) is 1. The lowest BCUT2D eigenvalue weighted by atomic mass is 10.0. The smallest absolute Gasteiger partial charge is 0.0701 e. The van der Waals surface area contributed by atoms with Gasteiger partial charge in [0.15, 0.2) is 0 Å². The van der Waals surface area contributed by atoms with E-state index in [-0.39, 0.29) is 0 Å². The maximum Gasteiger partial charge on any atom is 0.0701 e. The van der Waals surface area contributed by atoms with Crippen molar-refractivity contribution in [2.75, 3.05) is 0 Å². The molecule has 0 spiro atoms. The first-order valence-electron chi connectivity index (χ1n) is 5.42. The van der Waals surface area contributed by atoms with Crippen LogP contribution in [-0.4, -0.2) is 6.04 Å². The molecule has 0 saturated carbocycles. The second-order valence-electron chi connectivity index (χ2n) is 4.01. The molecular weight excluding hydrogens is 270 g/mol. The highest BCUT2D eigenvalue weighted by atomic mass is 79.9. The third kappa shape index (κ3) is 3.16. The topological polar surface area (TPSA) is 12.0 Å². The number of hydrogen-bond donors (Lipinski definition) is 1. The zero-order valence-electron chi connectivity index (χ0n) is 8.87. The molecule has 1 heterocycles. The van der Waals surface area contributed by atoms with Gasteiger partial charge in [-0.15, -0.1) is 11.3 Å². The lowest BCUT2D eigenvalue weighted by Gasteiger charge is -2.23. The molecular formula is C12H16BrNS. The van der Waals surface area contributed by atoms with Crippen molar-refractivity contribution in [3.8, 4) is 0 Å². The summed E-state index contributed by atoms with van der Waals surface area (Å²) in [6, 6.07) is 5.45. The third-order valence-corrected chi connectivity index (χ3v) is 4.58. The largest absolute Gasteiger partial charge is 0.306 e. The zero-order valence-corrected chi connectivity index (χ0v) is 11.3. The fourth-order valence-electron chi connectivity index (χ4n) is 1.94. The predicted octanol–water partition coefficient (Wildman–Crippen LogP) is 4.27. The Kier molecular flexibility index (Phi) is 4.00. The van der Waals surface area contributed by atoms with Crippen LogP contribution in [0.3, 0.4) is 0 Å². The molecule has 0 radical (unpaired) electrons. The molecule has 1 aromatic heterocycles. The van der Waals surface area contributed by atoms with Crippen LogP contribution in [0.1, 0.15) is 37.1 Å². The number of thiophene rings is 1. The fourth-order valence-corrected chi connectivity index (χ4v) is 3.38. The van der Waals surface area contributed by atoms with Gasteiger partial charge in [0.1, 0.15) is 0 Å². The van der Waals surface area contributed by atoms with Crippen molar-refractivity contribution in [2.45, 2.75) is 38.3 Å². The number of hydrogen-bond acceptors (Lipinski definition) is 2. The molecule has 2 atom stereocenters. The van der Waals surface area contributed by atoms with Gasteiger partial charge >= 0.3 is 0 Å². The molecule has 2 rings (SSSR count). The van der Waals surface area contributed by atoms with Gasteiger partial charge in [0.05, 0.1) is 3.79 Å². The summed E-state index contributed by atoms with van der Waals surface area (Å²) in [6.07, 6.45) is 8.24.